The molecular weight excluding hydrogens is 380 g/mol. The van der Waals surface area contributed by atoms with Gasteiger partial charge >= 0.3 is 0 Å². The van der Waals surface area contributed by atoms with Gasteiger partial charge in [-0.25, -0.2) is 0 Å². The van der Waals surface area contributed by atoms with Gasteiger partial charge in [-0.15, -0.1) is 6.58 Å². The molecule has 0 radical (unpaired) electrons. The van der Waals surface area contributed by atoms with E-state index in [1.54, 1.807) is 6.08 Å². The van der Waals surface area contributed by atoms with Crippen LogP contribution in [0.3, 0.4) is 0 Å². The molecule has 0 aliphatic heterocycles. The molecule has 0 heterocycles. The third-order valence-electron chi connectivity index (χ3n) is 11.1. The second-order valence-corrected chi connectivity index (χ2v) is 12.6. The van der Waals surface area contributed by atoms with Crippen LogP contribution in [0.15, 0.2) is 24.3 Å². The molecule has 4 rings (SSSR count). The molecule has 8 atom stereocenters. The quantitative estimate of drug-likeness (QED) is 0.459. The summed E-state index contributed by atoms with van der Waals surface area (Å²) in [4.78, 5) is 12.1. The fourth-order valence-electron chi connectivity index (χ4n) is 8.82. The van der Waals surface area contributed by atoms with Gasteiger partial charge in [-0.05, 0) is 110 Å². The summed E-state index contributed by atoms with van der Waals surface area (Å²) in [6, 6.07) is 0. The second-order valence-electron chi connectivity index (χ2n) is 12.6. The highest BCUT2D eigenvalue weighted by Crippen LogP contribution is 2.67. The lowest BCUT2D eigenvalue weighted by molar-refractivity contribution is -0.117. The highest BCUT2D eigenvalue weighted by Gasteiger charge is 2.59. The van der Waals surface area contributed by atoms with Crippen molar-refractivity contribution in [1.82, 2.24) is 0 Å². The number of aliphatic hydroxyl groups is 1. The minimum atomic E-state index is -0.732. The first kappa shape index (κ1) is 23.3. The SMILES string of the molecule is C=C[C@](O)(CC[C@@H](C)[C@H]1CC[C@H]2[C@@H]3CCC4=CC(=O)CC[C@]4(C)[C@H]3CC[C@]12C)C(C)C. The molecule has 0 saturated heterocycles. The molecule has 2 heteroatoms. The standard InChI is InChI=1S/C29H46O2/c1-7-29(31,19(2)3)17-12-20(4)24-10-11-25-23-9-8-21-18-22(30)13-15-27(21,5)26(23)14-16-28(24,25)6/h7,18-20,23-26,31H,1,8-17H2,2-6H3/t20-,23+,24-,25+,26+,27+,28-,29+/m1/s1. The van der Waals surface area contributed by atoms with Crippen molar-refractivity contribution in [3.05, 3.63) is 24.3 Å². The predicted molar refractivity (Wildman–Crippen MR) is 129 cm³/mol. The van der Waals surface area contributed by atoms with E-state index >= 15 is 0 Å². The maximum absolute atomic E-state index is 12.1. The van der Waals surface area contributed by atoms with Crippen molar-refractivity contribution in [2.45, 2.75) is 104 Å². The van der Waals surface area contributed by atoms with E-state index in [2.05, 4.69) is 41.2 Å². The van der Waals surface area contributed by atoms with Gasteiger partial charge in [0.1, 0.15) is 0 Å². The van der Waals surface area contributed by atoms with Crippen LogP contribution >= 0.6 is 0 Å². The molecule has 0 aromatic rings. The summed E-state index contributed by atoms with van der Waals surface area (Å²) in [5, 5.41) is 10.9. The van der Waals surface area contributed by atoms with Crippen LogP contribution in [0.5, 0.6) is 0 Å². The third kappa shape index (κ3) is 3.69. The average molecular weight is 427 g/mol. The molecule has 174 valence electrons. The van der Waals surface area contributed by atoms with Gasteiger partial charge in [0.2, 0.25) is 0 Å². The van der Waals surface area contributed by atoms with Crippen LogP contribution in [0.2, 0.25) is 0 Å². The largest absolute Gasteiger partial charge is 0.386 e. The monoisotopic (exact) mass is 426 g/mol. The zero-order valence-corrected chi connectivity index (χ0v) is 20.8. The molecule has 0 spiro atoms. The van der Waals surface area contributed by atoms with Crippen LogP contribution in [0.4, 0.5) is 0 Å². The van der Waals surface area contributed by atoms with Gasteiger partial charge in [0, 0.05) is 6.42 Å². The third-order valence-corrected chi connectivity index (χ3v) is 11.1. The molecule has 0 amide bonds. The normalized spacial score (nSPS) is 42.8. The molecule has 4 aliphatic rings. The van der Waals surface area contributed by atoms with Crippen molar-refractivity contribution in [3.8, 4) is 0 Å². The lowest BCUT2D eigenvalue weighted by atomic mass is 9.46. The summed E-state index contributed by atoms with van der Waals surface area (Å²) < 4.78 is 0. The molecule has 3 fully saturated rings. The Morgan fingerprint density at radius 1 is 1.13 bits per heavy atom. The fraction of sp³-hybridized carbons (Fsp3) is 0.828. The van der Waals surface area contributed by atoms with Crippen molar-refractivity contribution in [1.29, 1.82) is 0 Å². The number of fused-ring (bicyclic) bond motifs is 5. The summed E-state index contributed by atoms with van der Waals surface area (Å²) in [5.41, 5.74) is 1.48. The molecule has 0 aromatic heterocycles. The Morgan fingerprint density at radius 2 is 1.87 bits per heavy atom. The molecule has 4 aliphatic carbocycles. The zero-order valence-electron chi connectivity index (χ0n) is 20.8. The van der Waals surface area contributed by atoms with Crippen LogP contribution < -0.4 is 0 Å². The Labute approximate surface area is 191 Å². The lowest BCUT2D eigenvalue weighted by Crippen LogP contribution is -2.51. The Kier molecular flexibility index (Phi) is 6.12. The van der Waals surface area contributed by atoms with Crippen LogP contribution in [0, 0.1) is 46.3 Å². The molecule has 2 nitrogen and oxygen atoms in total. The number of allylic oxidation sites excluding steroid dienone is 1. The molecular formula is C29H46O2. The first-order valence-electron chi connectivity index (χ1n) is 13.1. The van der Waals surface area contributed by atoms with E-state index in [9.17, 15) is 9.90 Å². The topological polar surface area (TPSA) is 37.3 Å². The van der Waals surface area contributed by atoms with E-state index in [1.165, 1.54) is 37.7 Å². The summed E-state index contributed by atoms with van der Waals surface area (Å²) in [6.07, 6.45) is 15.4. The Balaban J connectivity index is 1.49. The minimum Gasteiger partial charge on any atom is -0.386 e. The number of ketones is 1. The maximum atomic E-state index is 12.1. The molecule has 3 saturated carbocycles. The number of hydrogen-bond donors (Lipinski definition) is 1. The Morgan fingerprint density at radius 3 is 2.55 bits per heavy atom. The van der Waals surface area contributed by atoms with E-state index in [1.807, 2.05) is 6.08 Å². The summed E-state index contributed by atoms with van der Waals surface area (Å²) >= 11 is 0. The maximum Gasteiger partial charge on any atom is 0.155 e. The Bertz CT molecular complexity index is 750. The Hall–Kier alpha value is -0.890. The number of hydrogen-bond acceptors (Lipinski definition) is 2. The van der Waals surface area contributed by atoms with E-state index in [0.717, 1.165) is 55.8 Å². The lowest BCUT2D eigenvalue weighted by Gasteiger charge is -2.58. The van der Waals surface area contributed by atoms with E-state index < -0.39 is 5.60 Å². The van der Waals surface area contributed by atoms with Gasteiger partial charge in [0.25, 0.3) is 0 Å². The van der Waals surface area contributed by atoms with Gasteiger partial charge < -0.3 is 5.11 Å². The van der Waals surface area contributed by atoms with Crippen molar-refractivity contribution in [2.75, 3.05) is 0 Å². The van der Waals surface area contributed by atoms with Crippen molar-refractivity contribution in [3.63, 3.8) is 0 Å². The summed E-state index contributed by atoms with van der Waals surface area (Å²) in [7, 11) is 0. The van der Waals surface area contributed by atoms with Crippen LogP contribution in [0.1, 0.15) is 98.8 Å². The van der Waals surface area contributed by atoms with E-state index in [-0.39, 0.29) is 11.3 Å². The minimum absolute atomic E-state index is 0.215. The number of carbonyl (C=O) groups is 1. The van der Waals surface area contributed by atoms with E-state index in [0.29, 0.717) is 17.1 Å². The van der Waals surface area contributed by atoms with Crippen LogP contribution in [0.25, 0.3) is 0 Å². The average Bonchev–Trinajstić information content (AvgIpc) is 3.09. The molecule has 0 unspecified atom stereocenters. The molecule has 0 bridgehead atoms. The van der Waals surface area contributed by atoms with Gasteiger partial charge in [-0.3, -0.25) is 4.79 Å². The van der Waals surface area contributed by atoms with E-state index in [4.69, 9.17) is 0 Å². The van der Waals surface area contributed by atoms with Gasteiger partial charge in [0.05, 0.1) is 5.60 Å². The number of carbonyl (C=O) groups excluding carboxylic acids is 1. The van der Waals surface area contributed by atoms with Gasteiger partial charge in [-0.2, -0.15) is 0 Å². The summed E-state index contributed by atoms with van der Waals surface area (Å²) in [5.74, 6) is 4.47. The fourth-order valence-corrected chi connectivity index (χ4v) is 8.82. The first-order valence-corrected chi connectivity index (χ1v) is 13.1. The second kappa shape index (κ2) is 8.15. The molecule has 31 heavy (non-hydrogen) atoms. The smallest absolute Gasteiger partial charge is 0.155 e. The highest BCUT2D eigenvalue weighted by atomic mass is 16.3. The van der Waals surface area contributed by atoms with Crippen LogP contribution in [-0.2, 0) is 4.79 Å². The molecule has 0 aromatic carbocycles. The van der Waals surface area contributed by atoms with Gasteiger partial charge in [-0.1, -0.05) is 46.3 Å². The van der Waals surface area contributed by atoms with Crippen LogP contribution in [-0.4, -0.2) is 16.5 Å². The van der Waals surface area contributed by atoms with Crippen molar-refractivity contribution < 1.29 is 9.90 Å². The summed E-state index contributed by atoms with van der Waals surface area (Å²) in [6.45, 7) is 15.7. The van der Waals surface area contributed by atoms with Gasteiger partial charge in [0.15, 0.2) is 5.78 Å². The van der Waals surface area contributed by atoms with Crippen molar-refractivity contribution in [2.24, 2.45) is 46.3 Å². The molecule has 1 N–H and O–H groups in total. The first-order chi connectivity index (χ1) is 14.5. The number of rotatable bonds is 6. The predicted octanol–water partition coefficient (Wildman–Crippen LogP) is 7.12. The highest BCUT2D eigenvalue weighted by molar-refractivity contribution is 5.91. The zero-order chi connectivity index (χ0) is 22.6. The van der Waals surface area contributed by atoms with Crippen molar-refractivity contribution >= 4 is 5.78 Å².